The Morgan fingerprint density at radius 3 is 2.96 bits per heavy atom. The molecule has 0 spiro atoms. The zero-order valence-electron chi connectivity index (χ0n) is 12.8. The predicted molar refractivity (Wildman–Crippen MR) is 87.7 cm³/mol. The molecule has 2 aromatic carbocycles. The minimum absolute atomic E-state index is 0.106. The summed E-state index contributed by atoms with van der Waals surface area (Å²) in [5, 5.41) is 18.1. The van der Waals surface area contributed by atoms with E-state index in [2.05, 4.69) is 16.7 Å². The number of nitrogens with one attached hydrogen (secondary N) is 2. The van der Waals surface area contributed by atoms with Gasteiger partial charge in [-0.25, -0.2) is 4.79 Å². The van der Waals surface area contributed by atoms with Crippen LogP contribution in [0.25, 0.3) is 10.8 Å². The molecule has 1 saturated carbocycles. The summed E-state index contributed by atoms with van der Waals surface area (Å²) in [6.45, 7) is 0.842. The Balaban J connectivity index is 1.54. The number of fused-ring (bicyclic) bond motifs is 3. The van der Waals surface area contributed by atoms with Crippen LogP contribution in [-0.4, -0.2) is 30.3 Å². The Bertz CT molecular complexity index is 755. The number of hydrogen-bond acceptors (Lipinski definition) is 3. The summed E-state index contributed by atoms with van der Waals surface area (Å²) in [4.78, 5) is 11.7. The van der Waals surface area contributed by atoms with Gasteiger partial charge in [0, 0.05) is 18.2 Å². The van der Waals surface area contributed by atoms with Gasteiger partial charge >= 0.3 is 6.03 Å². The lowest BCUT2D eigenvalue weighted by atomic mass is 9.96. The van der Waals surface area contributed by atoms with E-state index in [4.69, 9.17) is 4.74 Å². The third kappa shape index (κ3) is 2.84. The number of urea groups is 1. The van der Waals surface area contributed by atoms with E-state index in [0.717, 1.165) is 40.5 Å². The number of carbonyl (C=O) groups is 1. The molecule has 1 unspecified atom stereocenters. The average molecular weight is 312 g/mol. The lowest BCUT2D eigenvalue weighted by Crippen LogP contribution is -2.37. The molecule has 23 heavy (non-hydrogen) atoms. The number of carbonyl (C=O) groups excluding carboxylic acids is 1. The molecule has 2 amide bonds. The number of benzene rings is 2. The first-order valence-corrected chi connectivity index (χ1v) is 8.12. The van der Waals surface area contributed by atoms with Gasteiger partial charge in [0.2, 0.25) is 0 Å². The molecule has 0 aromatic heterocycles. The number of rotatable bonds is 4. The maximum absolute atomic E-state index is 11.7. The highest BCUT2D eigenvalue weighted by molar-refractivity contribution is 5.90. The zero-order chi connectivity index (χ0) is 15.8. The van der Waals surface area contributed by atoms with Gasteiger partial charge in [-0.3, -0.25) is 0 Å². The Morgan fingerprint density at radius 1 is 1.30 bits per heavy atom. The standard InChI is InChI=1S/C18H20N2O3/c21-15-10-23-17-12(7-8-19-18(22)20-13-5-6-13)9-11-3-1-2-4-14(11)16(15)17/h1-4,9,13,15,21H,5-8,10H2,(H2,19,20,22). The van der Waals surface area contributed by atoms with Crippen molar-refractivity contribution in [2.45, 2.75) is 31.4 Å². The molecular weight excluding hydrogens is 292 g/mol. The second kappa shape index (κ2) is 5.74. The van der Waals surface area contributed by atoms with Crippen molar-refractivity contribution in [1.29, 1.82) is 0 Å². The van der Waals surface area contributed by atoms with Crippen molar-refractivity contribution in [2.24, 2.45) is 0 Å². The number of aliphatic hydroxyl groups is 1. The van der Waals surface area contributed by atoms with E-state index in [1.54, 1.807) is 0 Å². The van der Waals surface area contributed by atoms with E-state index in [9.17, 15) is 9.90 Å². The van der Waals surface area contributed by atoms with Crippen molar-refractivity contribution >= 4 is 16.8 Å². The summed E-state index contributed by atoms with van der Waals surface area (Å²) in [6.07, 6.45) is 2.26. The lowest BCUT2D eigenvalue weighted by molar-refractivity contribution is 0.141. The van der Waals surface area contributed by atoms with E-state index >= 15 is 0 Å². The highest BCUT2D eigenvalue weighted by Crippen LogP contribution is 2.41. The summed E-state index contributed by atoms with van der Waals surface area (Å²) in [7, 11) is 0. The van der Waals surface area contributed by atoms with Crippen LogP contribution in [0.5, 0.6) is 5.75 Å². The Kier molecular flexibility index (Phi) is 3.58. The first kappa shape index (κ1) is 14.3. The predicted octanol–water partition coefficient (Wildman–Crippen LogP) is 2.27. The molecule has 1 fully saturated rings. The molecule has 1 aliphatic heterocycles. The Labute approximate surface area is 134 Å². The van der Waals surface area contributed by atoms with Gasteiger partial charge in [-0.05, 0) is 41.7 Å². The minimum atomic E-state index is -0.582. The molecule has 0 saturated heterocycles. The molecule has 2 aromatic rings. The summed E-state index contributed by atoms with van der Waals surface area (Å²) in [5.41, 5.74) is 1.91. The van der Waals surface area contributed by atoms with Crippen LogP contribution in [0.3, 0.4) is 0 Å². The van der Waals surface area contributed by atoms with Crippen molar-refractivity contribution in [1.82, 2.24) is 10.6 Å². The van der Waals surface area contributed by atoms with Gasteiger partial charge in [0.05, 0.1) is 0 Å². The van der Waals surface area contributed by atoms with Gasteiger partial charge in [-0.1, -0.05) is 24.3 Å². The van der Waals surface area contributed by atoms with E-state index in [0.29, 0.717) is 25.6 Å². The number of amides is 2. The minimum Gasteiger partial charge on any atom is -0.490 e. The fourth-order valence-electron chi connectivity index (χ4n) is 3.12. The third-order valence-corrected chi connectivity index (χ3v) is 4.43. The van der Waals surface area contributed by atoms with Crippen LogP contribution in [0.4, 0.5) is 4.79 Å². The maximum Gasteiger partial charge on any atom is 0.315 e. The van der Waals surface area contributed by atoms with Crippen molar-refractivity contribution in [3.8, 4) is 5.75 Å². The number of aliphatic hydroxyl groups excluding tert-OH is 1. The molecule has 1 heterocycles. The van der Waals surface area contributed by atoms with Gasteiger partial charge in [0.25, 0.3) is 0 Å². The summed E-state index contributed by atoms with van der Waals surface area (Å²) in [6, 6.07) is 10.4. The van der Waals surface area contributed by atoms with Crippen molar-refractivity contribution in [3.05, 3.63) is 41.5 Å². The molecular formula is C18H20N2O3. The van der Waals surface area contributed by atoms with Crippen LogP contribution in [0, 0.1) is 0 Å². The van der Waals surface area contributed by atoms with Crippen molar-refractivity contribution in [3.63, 3.8) is 0 Å². The van der Waals surface area contributed by atoms with E-state index in [1.165, 1.54) is 0 Å². The molecule has 3 N–H and O–H groups in total. The smallest absolute Gasteiger partial charge is 0.315 e. The number of ether oxygens (including phenoxy) is 1. The van der Waals surface area contributed by atoms with Crippen LogP contribution in [0.2, 0.25) is 0 Å². The fraction of sp³-hybridized carbons (Fsp3) is 0.389. The second-order valence-corrected chi connectivity index (χ2v) is 6.25. The summed E-state index contributed by atoms with van der Waals surface area (Å²) < 4.78 is 5.70. The molecule has 1 atom stereocenters. The van der Waals surface area contributed by atoms with Crippen LogP contribution >= 0.6 is 0 Å². The van der Waals surface area contributed by atoms with E-state index in [1.807, 2.05) is 24.3 Å². The molecule has 1 aliphatic carbocycles. The topological polar surface area (TPSA) is 70.6 Å². The van der Waals surface area contributed by atoms with Gasteiger partial charge < -0.3 is 20.5 Å². The molecule has 2 aliphatic rings. The van der Waals surface area contributed by atoms with Gasteiger partial charge in [-0.15, -0.1) is 0 Å². The second-order valence-electron chi connectivity index (χ2n) is 6.25. The normalized spacial score (nSPS) is 19.3. The summed E-state index contributed by atoms with van der Waals surface area (Å²) >= 11 is 0. The Hall–Kier alpha value is -2.27. The molecule has 4 rings (SSSR count). The fourth-order valence-corrected chi connectivity index (χ4v) is 3.12. The van der Waals surface area contributed by atoms with Crippen LogP contribution in [0.15, 0.2) is 30.3 Å². The van der Waals surface area contributed by atoms with Gasteiger partial charge in [-0.2, -0.15) is 0 Å². The summed E-state index contributed by atoms with van der Waals surface area (Å²) in [5.74, 6) is 0.778. The zero-order valence-corrected chi connectivity index (χ0v) is 12.8. The van der Waals surface area contributed by atoms with E-state index in [-0.39, 0.29) is 6.03 Å². The SMILES string of the molecule is O=C(NCCc1cc2ccccc2c2c1OCC2O)NC1CC1. The molecule has 0 bridgehead atoms. The first-order chi connectivity index (χ1) is 11.2. The molecule has 120 valence electrons. The molecule has 0 radical (unpaired) electrons. The van der Waals surface area contributed by atoms with Crippen LogP contribution < -0.4 is 15.4 Å². The highest BCUT2D eigenvalue weighted by Gasteiger charge is 2.27. The monoisotopic (exact) mass is 312 g/mol. The third-order valence-electron chi connectivity index (χ3n) is 4.43. The van der Waals surface area contributed by atoms with Crippen LogP contribution in [-0.2, 0) is 6.42 Å². The lowest BCUT2D eigenvalue weighted by Gasteiger charge is -2.12. The van der Waals surface area contributed by atoms with Crippen molar-refractivity contribution in [2.75, 3.05) is 13.2 Å². The van der Waals surface area contributed by atoms with Crippen molar-refractivity contribution < 1.29 is 14.6 Å². The highest BCUT2D eigenvalue weighted by atomic mass is 16.5. The Morgan fingerprint density at radius 2 is 2.13 bits per heavy atom. The van der Waals surface area contributed by atoms with Gasteiger partial charge in [0.15, 0.2) is 0 Å². The first-order valence-electron chi connectivity index (χ1n) is 8.12. The average Bonchev–Trinajstić information content (AvgIpc) is 3.27. The number of hydrogen-bond donors (Lipinski definition) is 3. The quantitative estimate of drug-likeness (QED) is 0.811. The van der Waals surface area contributed by atoms with Crippen LogP contribution in [0.1, 0.15) is 30.1 Å². The molecule has 5 heteroatoms. The maximum atomic E-state index is 11.7. The van der Waals surface area contributed by atoms with Gasteiger partial charge in [0.1, 0.15) is 18.5 Å². The van der Waals surface area contributed by atoms with E-state index < -0.39 is 6.10 Å². The largest absolute Gasteiger partial charge is 0.490 e. The molecule has 5 nitrogen and oxygen atoms in total.